The molecule has 0 spiro atoms. The number of aryl methyl sites for hydroxylation is 2. The summed E-state index contributed by atoms with van der Waals surface area (Å²) >= 11 is 0. The molecule has 7 nitrogen and oxygen atoms in total. The lowest BCUT2D eigenvalue weighted by Crippen LogP contribution is -2.14. The first-order valence-electron chi connectivity index (χ1n) is 9.19. The van der Waals surface area contributed by atoms with E-state index in [2.05, 4.69) is 9.97 Å². The van der Waals surface area contributed by atoms with Crippen LogP contribution in [0.2, 0.25) is 0 Å². The highest BCUT2D eigenvalue weighted by atomic mass is 32.2. The molecule has 0 radical (unpaired) electrons. The summed E-state index contributed by atoms with van der Waals surface area (Å²) in [6, 6.07) is 11.7. The van der Waals surface area contributed by atoms with Crippen LogP contribution in [0, 0.1) is 13.8 Å². The number of H-pyrrole nitrogens is 2. The topological polar surface area (TPSA) is 120 Å². The molecule has 0 aliphatic rings. The lowest BCUT2D eigenvalue weighted by Gasteiger charge is -2.12. The average molecular weight is 420 g/mol. The first kappa shape index (κ1) is 18.5. The second-order valence-electron chi connectivity index (χ2n) is 7.48. The number of hydrogen-bond donors (Lipinski definition) is 3. The van der Waals surface area contributed by atoms with E-state index < -0.39 is 20.4 Å². The molecule has 30 heavy (non-hydrogen) atoms. The number of aromatic nitrogens is 2. The van der Waals surface area contributed by atoms with Crippen molar-refractivity contribution >= 4 is 53.7 Å². The predicted octanol–water partition coefficient (Wildman–Crippen LogP) is 3.54. The molecule has 0 fully saturated rings. The summed E-state index contributed by atoms with van der Waals surface area (Å²) in [5, 5.41) is 0.565. The van der Waals surface area contributed by atoms with Gasteiger partial charge in [-0.1, -0.05) is 23.8 Å². The third-order valence-corrected chi connectivity index (χ3v) is 6.39. The fraction of sp³-hybridized carbons (Fsp3) is 0.0909. The Balaban J connectivity index is 2.17. The molecule has 0 amide bonds. The van der Waals surface area contributed by atoms with Gasteiger partial charge in [0.25, 0.3) is 10.1 Å². The number of fused-ring (bicyclic) bond motifs is 4. The van der Waals surface area contributed by atoms with Gasteiger partial charge in [-0.3, -0.25) is 14.1 Å². The van der Waals surface area contributed by atoms with Crippen molar-refractivity contribution in [3.05, 3.63) is 74.0 Å². The maximum atomic E-state index is 13.3. The van der Waals surface area contributed by atoms with Crippen LogP contribution in [0.4, 0.5) is 0 Å². The summed E-state index contributed by atoms with van der Waals surface area (Å²) in [5.41, 5.74) is 1.77. The van der Waals surface area contributed by atoms with Gasteiger partial charge in [-0.15, -0.1) is 0 Å². The molecule has 0 unspecified atom stereocenters. The van der Waals surface area contributed by atoms with Gasteiger partial charge in [0.05, 0.1) is 21.9 Å². The highest BCUT2D eigenvalue weighted by Gasteiger charge is 2.25. The highest BCUT2D eigenvalue weighted by molar-refractivity contribution is 7.86. The van der Waals surface area contributed by atoms with E-state index in [1.165, 1.54) is 6.07 Å². The van der Waals surface area contributed by atoms with Crippen LogP contribution in [-0.2, 0) is 10.1 Å². The summed E-state index contributed by atoms with van der Waals surface area (Å²) in [7, 11) is -4.84. The van der Waals surface area contributed by atoms with Gasteiger partial charge in [-0.2, -0.15) is 8.42 Å². The van der Waals surface area contributed by atoms with Crippen molar-refractivity contribution in [1.29, 1.82) is 0 Å². The second kappa shape index (κ2) is 6.01. The first-order valence-corrected chi connectivity index (χ1v) is 10.6. The van der Waals surface area contributed by atoms with Gasteiger partial charge in [0.1, 0.15) is 4.90 Å². The second-order valence-corrected chi connectivity index (χ2v) is 8.84. The molecule has 0 saturated heterocycles. The van der Waals surface area contributed by atoms with E-state index in [0.29, 0.717) is 21.8 Å². The summed E-state index contributed by atoms with van der Waals surface area (Å²) in [5.74, 6) is 0. The number of para-hydroxylation sites is 1. The Morgan fingerprint density at radius 1 is 0.800 bits per heavy atom. The zero-order valence-electron chi connectivity index (χ0n) is 16.0. The van der Waals surface area contributed by atoms with Gasteiger partial charge < -0.3 is 9.97 Å². The molecule has 3 N–H and O–H groups in total. The smallest absolute Gasteiger partial charge is 0.297 e. The van der Waals surface area contributed by atoms with Crippen LogP contribution in [0.15, 0.2) is 56.9 Å². The Morgan fingerprint density at radius 3 is 2.27 bits per heavy atom. The van der Waals surface area contributed by atoms with Crippen LogP contribution < -0.4 is 10.9 Å². The van der Waals surface area contributed by atoms with Gasteiger partial charge in [0.15, 0.2) is 10.9 Å². The standard InChI is InChI=1S/C22H16N2O5S/c1-10-6-7-15-13(8-10)20(25)14-9-16-17(22(19(14)23-15)30(27,28)29)21(26)12-5-3-4-11(2)18(12)24-16/h3-9H,1-2H3,(H,23,25)(H,24,26)(H,27,28,29). The van der Waals surface area contributed by atoms with E-state index in [-0.39, 0.29) is 27.2 Å². The average Bonchev–Trinajstić information content (AvgIpc) is 2.68. The minimum absolute atomic E-state index is 0.0665. The third-order valence-electron chi connectivity index (χ3n) is 5.47. The van der Waals surface area contributed by atoms with E-state index in [1.807, 2.05) is 19.9 Å². The molecule has 0 aliphatic carbocycles. The summed E-state index contributed by atoms with van der Waals surface area (Å²) in [6.07, 6.45) is 0. The monoisotopic (exact) mass is 420 g/mol. The van der Waals surface area contributed by atoms with Crippen molar-refractivity contribution in [3.63, 3.8) is 0 Å². The van der Waals surface area contributed by atoms with Crippen LogP contribution in [-0.4, -0.2) is 22.9 Å². The summed E-state index contributed by atoms with van der Waals surface area (Å²) in [6.45, 7) is 3.66. The molecule has 0 bridgehead atoms. The van der Waals surface area contributed by atoms with Crippen molar-refractivity contribution in [2.24, 2.45) is 0 Å². The molecule has 0 saturated carbocycles. The Hall–Kier alpha value is -3.49. The molecule has 150 valence electrons. The van der Waals surface area contributed by atoms with Crippen LogP contribution in [0.5, 0.6) is 0 Å². The van der Waals surface area contributed by atoms with Crippen LogP contribution >= 0.6 is 0 Å². The van der Waals surface area contributed by atoms with E-state index in [4.69, 9.17) is 0 Å². The number of rotatable bonds is 1. The number of aromatic amines is 2. The molecule has 2 aromatic heterocycles. The van der Waals surface area contributed by atoms with Crippen molar-refractivity contribution in [1.82, 2.24) is 9.97 Å². The molecule has 0 aliphatic heterocycles. The Morgan fingerprint density at radius 2 is 1.53 bits per heavy atom. The van der Waals surface area contributed by atoms with Gasteiger partial charge in [-0.25, -0.2) is 0 Å². The fourth-order valence-corrected chi connectivity index (χ4v) is 4.95. The van der Waals surface area contributed by atoms with E-state index in [9.17, 15) is 22.6 Å². The van der Waals surface area contributed by atoms with Gasteiger partial charge in [0.2, 0.25) is 0 Å². The Kier molecular flexibility index (Phi) is 3.71. The molecule has 8 heteroatoms. The van der Waals surface area contributed by atoms with Gasteiger partial charge >= 0.3 is 0 Å². The summed E-state index contributed by atoms with van der Waals surface area (Å²) in [4.78, 5) is 31.9. The fourth-order valence-electron chi connectivity index (χ4n) is 4.07. The zero-order chi connectivity index (χ0) is 21.4. The molecule has 3 aromatic carbocycles. The quantitative estimate of drug-likeness (QED) is 0.283. The molecular weight excluding hydrogens is 404 g/mol. The lowest BCUT2D eigenvalue weighted by atomic mass is 10.0. The van der Waals surface area contributed by atoms with E-state index in [0.717, 1.165) is 11.1 Å². The Labute approximate surface area is 169 Å². The molecule has 0 atom stereocenters. The number of pyridine rings is 2. The minimum Gasteiger partial charge on any atom is -0.354 e. The SMILES string of the molecule is Cc1ccc2[nH]c3c(S(=O)(=O)O)c4c(=O)c5cccc(C)c5[nH]c4cc3c(=O)c2c1. The van der Waals surface area contributed by atoms with Crippen LogP contribution in [0.3, 0.4) is 0 Å². The lowest BCUT2D eigenvalue weighted by molar-refractivity contribution is 0.485. The molecular formula is C22H16N2O5S. The highest BCUT2D eigenvalue weighted by Crippen LogP contribution is 2.30. The Bertz CT molecular complexity index is 1780. The maximum absolute atomic E-state index is 13.3. The number of benzene rings is 3. The van der Waals surface area contributed by atoms with Gasteiger partial charge in [-0.05, 0) is 43.7 Å². The largest absolute Gasteiger partial charge is 0.354 e. The van der Waals surface area contributed by atoms with Crippen molar-refractivity contribution < 1.29 is 13.0 Å². The third kappa shape index (κ3) is 2.51. The van der Waals surface area contributed by atoms with Crippen LogP contribution in [0.25, 0.3) is 43.6 Å². The van der Waals surface area contributed by atoms with E-state index >= 15 is 0 Å². The summed E-state index contributed by atoms with van der Waals surface area (Å²) < 4.78 is 34.8. The maximum Gasteiger partial charge on any atom is 0.297 e. The minimum atomic E-state index is -4.84. The normalized spacial score (nSPS) is 12.4. The molecule has 5 rings (SSSR count). The number of hydrogen-bond acceptors (Lipinski definition) is 4. The van der Waals surface area contributed by atoms with Gasteiger partial charge in [0, 0.05) is 21.7 Å². The first-order chi connectivity index (χ1) is 14.2. The molecule has 2 heterocycles. The zero-order valence-corrected chi connectivity index (χ0v) is 16.8. The van der Waals surface area contributed by atoms with Crippen molar-refractivity contribution in [2.75, 3.05) is 0 Å². The predicted molar refractivity (Wildman–Crippen MR) is 117 cm³/mol. The van der Waals surface area contributed by atoms with E-state index in [1.54, 1.807) is 30.3 Å². The number of nitrogens with one attached hydrogen (secondary N) is 2. The van der Waals surface area contributed by atoms with Crippen LogP contribution in [0.1, 0.15) is 11.1 Å². The van der Waals surface area contributed by atoms with Crippen molar-refractivity contribution in [2.45, 2.75) is 18.7 Å². The van der Waals surface area contributed by atoms with Crippen molar-refractivity contribution in [3.8, 4) is 0 Å². The molecule has 5 aromatic rings.